The van der Waals surface area contributed by atoms with Crippen LogP contribution in [0.2, 0.25) is 0 Å². The summed E-state index contributed by atoms with van der Waals surface area (Å²) in [6.45, 7) is 6.04. The van der Waals surface area contributed by atoms with Gasteiger partial charge < -0.3 is 75.1 Å². The third-order valence-corrected chi connectivity index (χ3v) is 11.6. The summed E-state index contributed by atoms with van der Waals surface area (Å²) in [5.74, 6) is -11.6. The van der Waals surface area contributed by atoms with E-state index in [0.717, 1.165) is 0 Å². The van der Waals surface area contributed by atoms with Crippen LogP contribution in [-0.4, -0.2) is 147 Å². The molecule has 10 atom stereocenters. The Labute approximate surface area is 393 Å². The third kappa shape index (κ3) is 18.1. The SMILES string of the molecule is CC[C@H](C)[C@H](NC(=O)[C@@H](NC(=O)[C@@H]1CCCN1C(=O)[C@H](Cc1ccc(O)cc1)NC(=O)[C@H](CC(N)=O)NC(=O)[C@H](CCC(N)=O)NC(=O)[C@@H](N)CO)[C@@H](C)CC)C(=O)N[C@@H](CCC(N)=O)C(=O)O. The molecule has 1 saturated heterocycles. The fourth-order valence-electron chi connectivity index (χ4n) is 7.15. The molecule has 0 bridgehead atoms. The van der Waals surface area contributed by atoms with E-state index in [2.05, 4.69) is 31.9 Å². The van der Waals surface area contributed by atoms with Crippen molar-refractivity contribution in [1.82, 2.24) is 36.8 Å². The molecule has 0 aliphatic carbocycles. The maximum Gasteiger partial charge on any atom is 0.326 e. The summed E-state index contributed by atoms with van der Waals surface area (Å²) in [7, 11) is 0. The number of rotatable bonds is 29. The fourth-order valence-corrected chi connectivity index (χ4v) is 7.15. The van der Waals surface area contributed by atoms with E-state index in [1.54, 1.807) is 27.7 Å². The van der Waals surface area contributed by atoms with Crippen molar-refractivity contribution in [2.45, 2.75) is 140 Å². The van der Waals surface area contributed by atoms with Crippen LogP contribution < -0.4 is 54.8 Å². The van der Waals surface area contributed by atoms with E-state index in [0.29, 0.717) is 24.8 Å². The van der Waals surface area contributed by atoms with Crippen molar-refractivity contribution in [3.8, 4) is 5.75 Å². The highest BCUT2D eigenvalue weighted by Gasteiger charge is 2.41. The molecule has 2 rings (SSSR count). The Hall–Kier alpha value is -6.89. The summed E-state index contributed by atoms with van der Waals surface area (Å²) in [5, 5.41) is 43.7. The number of carbonyl (C=O) groups excluding carboxylic acids is 10. The van der Waals surface area contributed by atoms with Gasteiger partial charge in [0, 0.05) is 25.8 Å². The van der Waals surface area contributed by atoms with Crippen LogP contribution >= 0.6 is 0 Å². The second-order valence-corrected chi connectivity index (χ2v) is 16.9. The smallest absolute Gasteiger partial charge is 0.326 e. The monoisotopic (exact) mass is 961 g/mol. The van der Waals surface area contributed by atoms with Crippen LogP contribution in [-0.2, 0) is 59.2 Å². The number of nitrogens with one attached hydrogen (secondary N) is 6. The number of amides is 10. The molecule has 10 amide bonds. The van der Waals surface area contributed by atoms with E-state index in [9.17, 15) is 68.1 Å². The molecule has 1 aromatic carbocycles. The van der Waals surface area contributed by atoms with E-state index >= 15 is 0 Å². The van der Waals surface area contributed by atoms with Crippen LogP contribution in [0.1, 0.15) is 91.0 Å². The predicted octanol–water partition coefficient (Wildman–Crippen LogP) is -4.26. The molecule has 25 nitrogen and oxygen atoms in total. The van der Waals surface area contributed by atoms with Gasteiger partial charge in [-0.25, -0.2) is 4.79 Å². The minimum absolute atomic E-state index is 0.00842. The zero-order valence-corrected chi connectivity index (χ0v) is 38.7. The van der Waals surface area contributed by atoms with Crippen LogP contribution in [0.3, 0.4) is 0 Å². The number of benzene rings is 1. The van der Waals surface area contributed by atoms with Gasteiger partial charge >= 0.3 is 5.97 Å². The Morgan fingerprint density at radius 1 is 0.662 bits per heavy atom. The van der Waals surface area contributed by atoms with Crippen molar-refractivity contribution in [1.29, 1.82) is 0 Å². The maximum absolute atomic E-state index is 14.6. The molecule has 68 heavy (non-hydrogen) atoms. The molecule has 1 aliphatic heterocycles. The highest BCUT2D eigenvalue weighted by Crippen LogP contribution is 2.22. The molecule has 0 unspecified atom stereocenters. The van der Waals surface area contributed by atoms with Crippen molar-refractivity contribution in [3.63, 3.8) is 0 Å². The summed E-state index contributed by atoms with van der Waals surface area (Å²) < 4.78 is 0. The number of nitrogens with two attached hydrogens (primary N) is 4. The molecule has 0 aromatic heterocycles. The summed E-state index contributed by atoms with van der Waals surface area (Å²) in [6.07, 6.45) is -1.33. The van der Waals surface area contributed by atoms with Crippen LogP contribution in [0, 0.1) is 11.8 Å². The van der Waals surface area contributed by atoms with Gasteiger partial charge in [-0.2, -0.15) is 0 Å². The second kappa shape index (κ2) is 27.7. The van der Waals surface area contributed by atoms with Gasteiger partial charge in [0.05, 0.1) is 13.0 Å². The third-order valence-electron chi connectivity index (χ3n) is 11.6. The van der Waals surface area contributed by atoms with Crippen LogP contribution in [0.15, 0.2) is 24.3 Å². The number of primary amides is 3. The molecule has 25 heteroatoms. The van der Waals surface area contributed by atoms with Gasteiger partial charge in [-0.05, 0) is 55.2 Å². The molecule has 1 heterocycles. The second-order valence-electron chi connectivity index (χ2n) is 16.9. The Morgan fingerprint density at radius 2 is 1.15 bits per heavy atom. The number of phenols is 1. The number of carboxylic acid groups (broad SMARTS) is 1. The summed E-state index contributed by atoms with van der Waals surface area (Å²) in [5.41, 5.74) is 21.8. The highest BCUT2D eigenvalue weighted by molar-refractivity contribution is 5.99. The molecule has 1 fully saturated rings. The minimum atomic E-state index is -1.77. The van der Waals surface area contributed by atoms with Gasteiger partial charge in [0.1, 0.15) is 54.1 Å². The molecule has 17 N–H and O–H groups in total. The van der Waals surface area contributed by atoms with Gasteiger partial charge in [-0.15, -0.1) is 0 Å². The molecule has 0 spiro atoms. The average molecular weight is 962 g/mol. The summed E-state index contributed by atoms with van der Waals surface area (Å²) in [6, 6.07) is -5.92. The minimum Gasteiger partial charge on any atom is -0.508 e. The van der Waals surface area contributed by atoms with Gasteiger partial charge in [0.2, 0.25) is 59.1 Å². The van der Waals surface area contributed by atoms with Crippen LogP contribution in [0.5, 0.6) is 5.75 Å². The number of aromatic hydroxyl groups is 1. The van der Waals surface area contributed by atoms with Crippen LogP contribution in [0.4, 0.5) is 0 Å². The van der Waals surface area contributed by atoms with Gasteiger partial charge in [0.15, 0.2) is 0 Å². The molecule has 1 aromatic rings. The van der Waals surface area contributed by atoms with E-state index in [1.807, 2.05) is 0 Å². The molecule has 0 saturated carbocycles. The molecule has 378 valence electrons. The summed E-state index contributed by atoms with van der Waals surface area (Å²) >= 11 is 0. The lowest BCUT2D eigenvalue weighted by Crippen LogP contribution is -2.61. The predicted molar refractivity (Wildman–Crippen MR) is 240 cm³/mol. The number of aliphatic hydroxyl groups excluding tert-OH is 1. The molecular weight excluding hydrogens is 895 g/mol. The van der Waals surface area contributed by atoms with Crippen molar-refractivity contribution >= 4 is 65.0 Å². The first-order valence-corrected chi connectivity index (χ1v) is 22.3. The lowest BCUT2D eigenvalue weighted by Gasteiger charge is -2.32. The average Bonchev–Trinajstić information content (AvgIpc) is 3.79. The van der Waals surface area contributed by atoms with Gasteiger partial charge in [0.25, 0.3) is 0 Å². The fraction of sp³-hybridized carbons (Fsp3) is 0.605. The molecule has 1 aliphatic rings. The van der Waals surface area contributed by atoms with Crippen LogP contribution in [0.25, 0.3) is 0 Å². The quantitative estimate of drug-likeness (QED) is 0.0362. The number of carboxylic acids is 1. The number of hydrogen-bond acceptors (Lipinski definition) is 14. The molecular formula is C43H67N11O14. The number of hydrogen-bond donors (Lipinski definition) is 13. The van der Waals surface area contributed by atoms with Crippen molar-refractivity contribution < 1.29 is 68.1 Å². The molecule has 0 radical (unpaired) electrons. The van der Waals surface area contributed by atoms with Crippen molar-refractivity contribution in [2.75, 3.05) is 13.2 Å². The number of aliphatic carboxylic acids is 1. The number of likely N-dealkylation sites (tertiary alicyclic amines) is 1. The lowest BCUT2D eigenvalue weighted by atomic mass is 9.94. The number of carbonyl (C=O) groups is 11. The van der Waals surface area contributed by atoms with E-state index in [1.165, 1.54) is 29.2 Å². The van der Waals surface area contributed by atoms with E-state index < -0.39 is 145 Å². The number of aliphatic hydroxyl groups is 1. The Morgan fingerprint density at radius 3 is 1.66 bits per heavy atom. The zero-order valence-electron chi connectivity index (χ0n) is 38.7. The van der Waals surface area contributed by atoms with Crippen molar-refractivity contribution in [2.24, 2.45) is 34.8 Å². The topological polar surface area (TPSA) is 428 Å². The highest BCUT2D eigenvalue weighted by atomic mass is 16.4. The summed E-state index contributed by atoms with van der Waals surface area (Å²) in [4.78, 5) is 144. The number of phenolic OH excluding ortho intramolecular Hbond substituents is 1. The first kappa shape index (κ1) is 57.2. The maximum atomic E-state index is 14.6. The van der Waals surface area contributed by atoms with E-state index in [-0.39, 0.29) is 44.4 Å². The lowest BCUT2D eigenvalue weighted by molar-refractivity contribution is -0.143. The normalized spacial score (nSPS) is 17.3. The van der Waals surface area contributed by atoms with E-state index in [4.69, 9.17) is 22.9 Å². The Bertz CT molecular complexity index is 1990. The number of nitrogens with zero attached hydrogens (tertiary/aromatic N) is 1. The largest absolute Gasteiger partial charge is 0.508 e. The zero-order chi connectivity index (χ0) is 51.4. The standard InChI is InChI=1S/C43H67N11O14/c1-5-21(3)34(40(64)49-27(43(67)68)14-16-32(46)58)53-41(65)35(22(4)6-2)52-39(63)30-8-7-17-54(30)42(66)29(18-23-9-11-24(56)12-10-23)51-38(62)28(19-33(47)59)50-37(61)26(13-15-31(45)57)48-36(60)25(44)20-55/h9-12,21-22,25-30,34-35,55-56H,5-8,13-20,44H2,1-4H3,(H2,45,57)(H2,46,58)(H2,47,59)(H,48,60)(H,49,64)(H,50,61)(H,51,62)(H,52,63)(H,53,65)(H,67,68)/t21-,22-,25-,26-,27-,28-,29-,30-,34-,35-/m0/s1. The Kier molecular flexibility index (Phi) is 23.3. The first-order valence-electron chi connectivity index (χ1n) is 22.3. The van der Waals surface area contributed by atoms with Gasteiger partial charge in [-0.1, -0.05) is 52.7 Å². The van der Waals surface area contributed by atoms with Crippen molar-refractivity contribution in [3.05, 3.63) is 29.8 Å². The van der Waals surface area contributed by atoms with Gasteiger partial charge in [-0.3, -0.25) is 47.9 Å². The Balaban J connectivity index is 2.46. The first-order chi connectivity index (χ1) is 31.9.